The maximum Gasteiger partial charge on any atom is 0.339 e. The Morgan fingerprint density at radius 2 is 1.90 bits per heavy atom. The van der Waals surface area contributed by atoms with E-state index in [1.807, 2.05) is 26.0 Å². The monoisotopic (exact) mass is 289 g/mol. The molecule has 0 spiro atoms. The van der Waals surface area contributed by atoms with E-state index in [9.17, 15) is 9.59 Å². The fourth-order valence-corrected chi connectivity index (χ4v) is 2.71. The molecule has 0 bridgehead atoms. The average molecular weight is 289 g/mol. The zero-order chi connectivity index (χ0) is 15.4. The van der Waals surface area contributed by atoms with E-state index in [1.54, 1.807) is 13.0 Å². The van der Waals surface area contributed by atoms with Crippen molar-refractivity contribution in [3.63, 3.8) is 0 Å². The first kappa shape index (κ1) is 15.5. The third-order valence-electron chi connectivity index (χ3n) is 3.96. The molecule has 1 aromatic carbocycles. The summed E-state index contributed by atoms with van der Waals surface area (Å²) < 4.78 is 5.28. The number of rotatable bonds is 4. The quantitative estimate of drug-likeness (QED) is 0.867. The van der Waals surface area contributed by atoms with Gasteiger partial charge < -0.3 is 10.1 Å². The van der Waals surface area contributed by atoms with Crippen LogP contribution in [0.2, 0.25) is 0 Å². The summed E-state index contributed by atoms with van der Waals surface area (Å²) in [6.45, 7) is 5.46. The summed E-state index contributed by atoms with van der Waals surface area (Å²) in [6.07, 6.45) is 3.58. The van der Waals surface area contributed by atoms with Gasteiger partial charge in [0, 0.05) is 6.04 Å². The predicted octanol–water partition coefficient (Wildman–Crippen LogP) is 2.91. The number of ether oxygens (including phenoxy) is 1. The minimum Gasteiger partial charge on any atom is -0.449 e. The molecule has 1 aliphatic rings. The molecule has 1 aliphatic carbocycles. The zero-order valence-electron chi connectivity index (χ0n) is 12.9. The van der Waals surface area contributed by atoms with Crippen LogP contribution in [0, 0.1) is 13.8 Å². The highest BCUT2D eigenvalue weighted by Gasteiger charge is 2.23. The van der Waals surface area contributed by atoms with Crippen molar-refractivity contribution in [3.8, 4) is 0 Å². The molecule has 0 unspecified atom stereocenters. The maximum absolute atomic E-state index is 12.1. The molecule has 1 aromatic rings. The molecule has 1 amide bonds. The number of carbonyl (C=O) groups excluding carboxylic acids is 2. The van der Waals surface area contributed by atoms with Crippen molar-refractivity contribution >= 4 is 11.9 Å². The number of nitrogens with one attached hydrogen (secondary N) is 1. The van der Waals surface area contributed by atoms with Crippen LogP contribution in [0.3, 0.4) is 0 Å². The van der Waals surface area contributed by atoms with Crippen LogP contribution in [-0.4, -0.2) is 24.0 Å². The summed E-state index contributed by atoms with van der Waals surface area (Å²) in [7, 11) is 0. The second kappa shape index (κ2) is 6.74. The van der Waals surface area contributed by atoms with E-state index in [1.165, 1.54) is 0 Å². The van der Waals surface area contributed by atoms with Gasteiger partial charge in [-0.3, -0.25) is 4.79 Å². The third-order valence-corrected chi connectivity index (χ3v) is 3.96. The second-order valence-electron chi connectivity index (χ2n) is 5.86. The van der Waals surface area contributed by atoms with Crippen molar-refractivity contribution in [2.75, 3.05) is 0 Å². The molecule has 1 saturated carbocycles. The smallest absolute Gasteiger partial charge is 0.339 e. The van der Waals surface area contributed by atoms with Gasteiger partial charge >= 0.3 is 5.97 Å². The van der Waals surface area contributed by atoms with Crippen molar-refractivity contribution in [3.05, 3.63) is 34.9 Å². The van der Waals surface area contributed by atoms with Crippen molar-refractivity contribution in [2.45, 2.75) is 58.6 Å². The summed E-state index contributed by atoms with van der Waals surface area (Å²) >= 11 is 0. The Morgan fingerprint density at radius 1 is 1.24 bits per heavy atom. The van der Waals surface area contributed by atoms with Crippen molar-refractivity contribution in [2.24, 2.45) is 0 Å². The molecule has 114 valence electrons. The van der Waals surface area contributed by atoms with Gasteiger partial charge in [-0.15, -0.1) is 0 Å². The minimum absolute atomic E-state index is 0.208. The van der Waals surface area contributed by atoms with E-state index >= 15 is 0 Å². The Hall–Kier alpha value is -1.84. The van der Waals surface area contributed by atoms with E-state index in [4.69, 9.17) is 4.74 Å². The molecular formula is C17H23NO3. The van der Waals surface area contributed by atoms with Gasteiger partial charge in [-0.1, -0.05) is 30.5 Å². The fraction of sp³-hybridized carbons (Fsp3) is 0.529. The fourth-order valence-electron chi connectivity index (χ4n) is 2.71. The molecule has 4 nitrogen and oxygen atoms in total. The van der Waals surface area contributed by atoms with Crippen molar-refractivity contribution in [1.29, 1.82) is 0 Å². The first-order valence-corrected chi connectivity index (χ1v) is 7.56. The van der Waals surface area contributed by atoms with Gasteiger partial charge in [0.2, 0.25) is 0 Å². The first-order chi connectivity index (χ1) is 9.97. The third kappa shape index (κ3) is 4.06. The molecule has 4 heteroatoms. The van der Waals surface area contributed by atoms with Crippen LogP contribution in [-0.2, 0) is 9.53 Å². The Morgan fingerprint density at radius 3 is 2.52 bits per heavy atom. The Bertz CT molecular complexity index is 533. The molecule has 0 aromatic heterocycles. The normalized spacial score (nSPS) is 16.5. The van der Waals surface area contributed by atoms with Crippen LogP contribution < -0.4 is 5.32 Å². The standard InChI is InChI=1S/C17H23NO3/c1-11-8-9-15(12(2)10-11)17(20)21-13(3)16(19)18-14-6-4-5-7-14/h8-10,13-14H,4-7H2,1-3H3,(H,18,19)/t13-/m1/s1. The average Bonchev–Trinajstić information content (AvgIpc) is 2.91. The van der Waals surface area contributed by atoms with Crippen LogP contribution in [0.4, 0.5) is 0 Å². The highest BCUT2D eigenvalue weighted by atomic mass is 16.5. The largest absolute Gasteiger partial charge is 0.449 e. The Kier molecular flexibility index (Phi) is 4.99. The lowest BCUT2D eigenvalue weighted by molar-refractivity contribution is -0.129. The first-order valence-electron chi connectivity index (χ1n) is 7.56. The van der Waals surface area contributed by atoms with E-state index in [0.29, 0.717) is 5.56 Å². The van der Waals surface area contributed by atoms with E-state index in [0.717, 1.165) is 36.8 Å². The van der Waals surface area contributed by atoms with Crippen LogP contribution in [0.1, 0.15) is 54.1 Å². The minimum atomic E-state index is -0.765. The number of hydrogen-bond donors (Lipinski definition) is 1. The molecular weight excluding hydrogens is 266 g/mol. The maximum atomic E-state index is 12.1. The van der Waals surface area contributed by atoms with Gasteiger partial charge in [0.15, 0.2) is 6.10 Å². The van der Waals surface area contributed by atoms with Gasteiger partial charge in [-0.05, 0) is 45.2 Å². The molecule has 0 aliphatic heterocycles. The molecule has 0 saturated heterocycles. The lowest BCUT2D eigenvalue weighted by Gasteiger charge is -2.17. The molecule has 1 N–H and O–H groups in total. The number of benzene rings is 1. The highest BCUT2D eigenvalue weighted by molar-refractivity contribution is 5.93. The SMILES string of the molecule is Cc1ccc(C(=O)O[C@H](C)C(=O)NC2CCCC2)c(C)c1. The number of esters is 1. The van der Waals surface area contributed by atoms with E-state index < -0.39 is 12.1 Å². The Labute approximate surface area is 125 Å². The number of carbonyl (C=O) groups is 2. The van der Waals surface area contributed by atoms with Crippen LogP contribution in [0.25, 0.3) is 0 Å². The molecule has 1 fully saturated rings. The lowest BCUT2D eigenvalue weighted by Crippen LogP contribution is -2.40. The highest BCUT2D eigenvalue weighted by Crippen LogP contribution is 2.18. The van der Waals surface area contributed by atoms with Gasteiger partial charge in [-0.2, -0.15) is 0 Å². The molecule has 21 heavy (non-hydrogen) atoms. The molecule has 0 radical (unpaired) electrons. The van der Waals surface area contributed by atoms with Gasteiger partial charge in [0.1, 0.15) is 0 Å². The topological polar surface area (TPSA) is 55.4 Å². The van der Waals surface area contributed by atoms with Crippen molar-refractivity contribution < 1.29 is 14.3 Å². The molecule has 1 atom stereocenters. The van der Waals surface area contributed by atoms with Crippen molar-refractivity contribution in [1.82, 2.24) is 5.32 Å². The number of amides is 1. The molecule has 2 rings (SSSR count). The molecule has 0 heterocycles. The van der Waals surface area contributed by atoms with Gasteiger partial charge in [0.25, 0.3) is 5.91 Å². The van der Waals surface area contributed by atoms with E-state index in [-0.39, 0.29) is 11.9 Å². The summed E-state index contributed by atoms with van der Waals surface area (Å²) in [5.74, 6) is -0.651. The predicted molar refractivity (Wildman–Crippen MR) is 81.2 cm³/mol. The van der Waals surface area contributed by atoms with Crippen LogP contribution in [0.15, 0.2) is 18.2 Å². The summed E-state index contributed by atoms with van der Waals surface area (Å²) in [6, 6.07) is 5.78. The Balaban J connectivity index is 1.93. The van der Waals surface area contributed by atoms with Gasteiger partial charge in [-0.25, -0.2) is 4.79 Å². The number of hydrogen-bond acceptors (Lipinski definition) is 3. The van der Waals surface area contributed by atoms with Crippen LogP contribution in [0.5, 0.6) is 0 Å². The summed E-state index contributed by atoms with van der Waals surface area (Å²) in [4.78, 5) is 24.1. The zero-order valence-corrected chi connectivity index (χ0v) is 12.9. The van der Waals surface area contributed by atoms with Gasteiger partial charge in [0.05, 0.1) is 5.56 Å². The second-order valence-corrected chi connectivity index (χ2v) is 5.86. The van der Waals surface area contributed by atoms with Crippen LogP contribution >= 0.6 is 0 Å². The number of aryl methyl sites for hydroxylation is 2. The van der Waals surface area contributed by atoms with E-state index in [2.05, 4.69) is 5.32 Å². The summed E-state index contributed by atoms with van der Waals surface area (Å²) in [5.41, 5.74) is 2.47. The lowest BCUT2D eigenvalue weighted by atomic mass is 10.1. The summed E-state index contributed by atoms with van der Waals surface area (Å²) in [5, 5.41) is 2.94.